The number of nitrogens with one attached hydrogen (secondary N) is 1. The van der Waals surface area contributed by atoms with E-state index in [1.165, 1.54) is 5.56 Å². The molecule has 4 heteroatoms. The second-order valence-electron chi connectivity index (χ2n) is 5.24. The predicted molar refractivity (Wildman–Crippen MR) is 87.3 cm³/mol. The lowest BCUT2D eigenvalue weighted by atomic mass is 10.0. The highest BCUT2D eigenvalue weighted by molar-refractivity contribution is 5.93. The number of benzene rings is 1. The first kappa shape index (κ1) is 12.7. The summed E-state index contributed by atoms with van der Waals surface area (Å²) in [5, 5.41) is 9.06. The Kier molecular flexibility index (Phi) is 2.93. The summed E-state index contributed by atoms with van der Waals surface area (Å²) in [6, 6.07) is 14.5. The Hall–Kier alpha value is -3.01. The minimum atomic E-state index is 0.808. The van der Waals surface area contributed by atoms with Gasteiger partial charge in [0.25, 0.3) is 0 Å². The Balaban J connectivity index is 1.78. The van der Waals surface area contributed by atoms with E-state index in [0.717, 1.165) is 33.4 Å². The molecule has 0 unspecified atom stereocenters. The molecule has 0 aliphatic heterocycles. The van der Waals surface area contributed by atoms with Gasteiger partial charge in [-0.05, 0) is 30.2 Å². The molecular formula is C18H14N4. The minimum absolute atomic E-state index is 0.808. The molecule has 0 amide bonds. The minimum Gasteiger partial charge on any atom is -0.344 e. The summed E-state index contributed by atoms with van der Waals surface area (Å²) in [6.45, 7) is 2.08. The number of aromatic nitrogens is 4. The Bertz CT molecular complexity index is 939. The quantitative estimate of drug-likeness (QED) is 0.606. The lowest BCUT2D eigenvalue weighted by Crippen LogP contribution is -1.87. The van der Waals surface area contributed by atoms with Gasteiger partial charge in [-0.3, -0.25) is 4.98 Å². The highest BCUT2D eigenvalue weighted by Crippen LogP contribution is 2.29. The molecule has 0 fully saturated rings. The number of fused-ring (bicyclic) bond motifs is 1. The monoisotopic (exact) mass is 286 g/mol. The first-order valence-corrected chi connectivity index (χ1v) is 7.14. The van der Waals surface area contributed by atoms with Crippen LogP contribution >= 0.6 is 0 Å². The molecule has 1 N–H and O–H groups in total. The number of pyridine rings is 1. The van der Waals surface area contributed by atoms with Crippen LogP contribution in [0.25, 0.3) is 33.4 Å². The summed E-state index contributed by atoms with van der Waals surface area (Å²) < 4.78 is 0. The fourth-order valence-electron chi connectivity index (χ4n) is 2.71. The van der Waals surface area contributed by atoms with Gasteiger partial charge in [-0.15, -0.1) is 5.10 Å². The molecule has 3 heterocycles. The van der Waals surface area contributed by atoms with Gasteiger partial charge in [0.2, 0.25) is 0 Å². The Labute approximate surface area is 127 Å². The van der Waals surface area contributed by atoms with Gasteiger partial charge in [-0.2, -0.15) is 5.10 Å². The van der Waals surface area contributed by atoms with Crippen molar-refractivity contribution in [1.82, 2.24) is 20.2 Å². The van der Waals surface area contributed by atoms with Crippen LogP contribution in [-0.2, 0) is 0 Å². The van der Waals surface area contributed by atoms with Gasteiger partial charge >= 0.3 is 0 Å². The molecule has 106 valence electrons. The molecule has 0 aliphatic carbocycles. The topological polar surface area (TPSA) is 54.5 Å². The summed E-state index contributed by atoms with van der Waals surface area (Å²) in [6.07, 6.45) is 5.51. The first-order chi connectivity index (χ1) is 10.8. The van der Waals surface area contributed by atoms with Crippen LogP contribution in [-0.4, -0.2) is 20.2 Å². The predicted octanol–water partition coefficient (Wildman–Crippen LogP) is 4.00. The molecule has 0 saturated heterocycles. The molecular weight excluding hydrogens is 272 g/mol. The molecule has 4 rings (SSSR count). The van der Waals surface area contributed by atoms with Gasteiger partial charge in [-0.1, -0.05) is 30.3 Å². The van der Waals surface area contributed by atoms with Crippen LogP contribution in [0.4, 0.5) is 0 Å². The average molecular weight is 286 g/mol. The van der Waals surface area contributed by atoms with Gasteiger partial charge in [0, 0.05) is 28.9 Å². The van der Waals surface area contributed by atoms with Crippen LogP contribution in [0.3, 0.4) is 0 Å². The van der Waals surface area contributed by atoms with Gasteiger partial charge in [-0.25, -0.2) is 0 Å². The van der Waals surface area contributed by atoms with Crippen molar-refractivity contribution in [3.63, 3.8) is 0 Å². The molecule has 0 spiro atoms. The Morgan fingerprint density at radius 1 is 0.909 bits per heavy atom. The number of nitrogens with zero attached hydrogens (tertiary/aromatic N) is 3. The third kappa shape index (κ3) is 2.05. The summed E-state index contributed by atoms with van der Waals surface area (Å²) in [5.74, 6) is 0. The molecule has 0 bridgehead atoms. The van der Waals surface area contributed by atoms with Crippen molar-refractivity contribution in [2.24, 2.45) is 0 Å². The zero-order chi connectivity index (χ0) is 14.9. The van der Waals surface area contributed by atoms with Crippen molar-refractivity contribution in [1.29, 1.82) is 0 Å². The van der Waals surface area contributed by atoms with Crippen LogP contribution < -0.4 is 0 Å². The van der Waals surface area contributed by atoms with E-state index in [0.29, 0.717) is 0 Å². The maximum atomic E-state index is 4.47. The van der Waals surface area contributed by atoms with Crippen molar-refractivity contribution >= 4 is 11.0 Å². The van der Waals surface area contributed by atoms with E-state index in [1.807, 2.05) is 24.5 Å². The SMILES string of the molecule is Cc1cccnc1-c1ccc(-c2c[nH]c3nnccc23)cc1. The lowest BCUT2D eigenvalue weighted by molar-refractivity contribution is 1.06. The fraction of sp³-hybridized carbons (Fsp3) is 0.0556. The molecule has 0 atom stereocenters. The van der Waals surface area contributed by atoms with Gasteiger partial charge in [0.05, 0.1) is 11.9 Å². The van der Waals surface area contributed by atoms with Gasteiger partial charge < -0.3 is 4.98 Å². The van der Waals surface area contributed by atoms with E-state index in [-0.39, 0.29) is 0 Å². The van der Waals surface area contributed by atoms with Crippen molar-refractivity contribution < 1.29 is 0 Å². The average Bonchev–Trinajstić information content (AvgIpc) is 3.00. The number of aryl methyl sites for hydroxylation is 1. The molecule has 3 aromatic heterocycles. The second kappa shape index (κ2) is 5.07. The molecule has 1 aromatic carbocycles. The van der Waals surface area contributed by atoms with Crippen molar-refractivity contribution in [3.05, 3.63) is 66.6 Å². The first-order valence-electron chi connectivity index (χ1n) is 7.14. The zero-order valence-electron chi connectivity index (χ0n) is 12.1. The van der Waals surface area contributed by atoms with Crippen LogP contribution in [0.2, 0.25) is 0 Å². The molecule has 0 aliphatic rings. The third-order valence-corrected chi connectivity index (χ3v) is 3.84. The maximum absolute atomic E-state index is 4.47. The van der Waals surface area contributed by atoms with Crippen LogP contribution in [0.15, 0.2) is 61.1 Å². The number of H-pyrrole nitrogens is 1. The standard InChI is InChI=1S/C18H14N4/c1-12-3-2-9-19-17(12)14-6-4-13(5-7-14)16-11-20-18-15(16)8-10-21-22-18/h2-11H,1H3,(H,20,22). The third-order valence-electron chi connectivity index (χ3n) is 3.84. The van der Waals surface area contributed by atoms with E-state index < -0.39 is 0 Å². The highest BCUT2D eigenvalue weighted by atomic mass is 15.1. The van der Waals surface area contributed by atoms with E-state index in [4.69, 9.17) is 0 Å². The number of hydrogen-bond acceptors (Lipinski definition) is 3. The largest absolute Gasteiger partial charge is 0.344 e. The number of rotatable bonds is 2. The maximum Gasteiger partial charge on any atom is 0.160 e. The Morgan fingerprint density at radius 2 is 1.73 bits per heavy atom. The van der Waals surface area contributed by atoms with Crippen LogP contribution in [0, 0.1) is 6.92 Å². The van der Waals surface area contributed by atoms with E-state index in [1.54, 1.807) is 6.20 Å². The number of hydrogen-bond donors (Lipinski definition) is 1. The smallest absolute Gasteiger partial charge is 0.160 e. The summed E-state index contributed by atoms with van der Waals surface area (Å²) in [5.41, 5.74) is 6.42. The normalized spacial score (nSPS) is 11.0. The summed E-state index contributed by atoms with van der Waals surface area (Å²) in [4.78, 5) is 7.62. The van der Waals surface area contributed by atoms with E-state index in [9.17, 15) is 0 Å². The molecule has 4 aromatic rings. The fourth-order valence-corrected chi connectivity index (χ4v) is 2.71. The van der Waals surface area contributed by atoms with Crippen molar-refractivity contribution in [3.8, 4) is 22.4 Å². The van der Waals surface area contributed by atoms with Crippen LogP contribution in [0.5, 0.6) is 0 Å². The number of aromatic amines is 1. The van der Waals surface area contributed by atoms with Crippen LogP contribution in [0.1, 0.15) is 5.56 Å². The van der Waals surface area contributed by atoms with Gasteiger partial charge in [0.1, 0.15) is 0 Å². The second-order valence-corrected chi connectivity index (χ2v) is 5.24. The van der Waals surface area contributed by atoms with E-state index >= 15 is 0 Å². The molecule has 22 heavy (non-hydrogen) atoms. The highest BCUT2D eigenvalue weighted by Gasteiger charge is 2.08. The molecule has 0 radical (unpaired) electrons. The van der Waals surface area contributed by atoms with Crippen molar-refractivity contribution in [2.75, 3.05) is 0 Å². The molecule has 4 nitrogen and oxygen atoms in total. The summed E-state index contributed by atoms with van der Waals surface area (Å²) >= 11 is 0. The van der Waals surface area contributed by atoms with Gasteiger partial charge in [0.15, 0.2) is 5.65 Å². The zero-order valence-corrected chi connectivity index (χ0v) is 12.1. The Morgan fingerprint density at radius 3 is 2.55 bits per heavy atom. The summed E-state index contributed by atoms with van der Waals surface area (Å²) in [7, 11) is 0. The van der Waals surface area contributed by atoms with Crippen molar-refractivity contribution in [2.45, 2.75) is 6.92 Å². The van der Waals surface area contributed by atoms with E-state index in [2.05, 4.69) is 57.4 Å². The molecule has 0 saturated carbocycles. The lowest BCUT2D eigenvalue weighted by Gasteiger charge is -2.06.